The zero-order valence-electron chi connectivity index (χ0n) is 13.6. The monoisotopic (exact) mass is 380 g/mol. The van der Waals surface area contributed by atoms with E-state index in [1.165, 1.54) is 18.2 Å². The van der Waals surface area contributed by atoms with Gasteiger partial charge in [-0.2, -0.15) is 22.7 Å². The summed E-state index contributed by atoms with van der Waals surface area (Å²) in [5.74, 6) is 0. The number of sulfonamides is 1. The number of benzene rings is 2. The molecule has 4 nitrogen and oxygen atoms in total. The molecule has 0 radical (unpaired) electrons. The summed E-state index contributed by atoms with van der Waals surface area (Å²) >= 11 is 0. The molecular formula is C18H15F3N2O2S. The van der Waals surface area contributed by atoms with Crippen LogP contribution in [0.2, 0.25) is 0 Å². The SMILES string of the molecule is C=CCN(Cc1cccc(C#N)c1)S(=O)(=O)c1ccccc1C(F)(F)F. The molecule has 0 saturated carbocycles. The zero-order valence-corrected chi connectivity index (χ0v) is 14.4. The molecule has 2 aromatic carbocycles. The van der Waals surface area contributed by atoms with Gasteiger partial charge in [-0.1, -0.05) is 30.3 Å². The second kappa shape index (κ2) is 7.72. The van der Waals surface area contributed by atoms with E-state index in [1.807, 2.05) is 6.07 Å². The molecule has 8 heteroatoms. The highest BCUT2D eigenvalue weighted by atomic mass is 32.2. The van der Waals surface area contributed by atoms with E-state index >= 15 is 0 Å². The average molecular weight is 380 g/mol. The maximum absolute atomic E-state index is 13.2. The molecule has 0 saturated heterocycles. The fraction of sp³-hybridized carbons (Fsp3) is 0.167. The second-order valence-electron chi connectivity index (χ2n) is 5.39. The maximum Gasteiger partial charge on any atom is 0.417 e. The van der Waals surface area contributed by atoms with E-state index in [9.17, 15) is 21.6 Å². The van der Waals surface area contributed by atoms with Gasteiger partial charge in [0.25, 0.3) is 0 Å². The van der Waals surface area contributed by atoms with Crippen LogP contribution in [0, 0.1) is 11.3 Å². The Hall–Kier alpha value is -2.63. The number of nitrogens with zero attached hydrogens (tertiary/aromatic N) is 2. The highest BCUT2D eigenvalue weighted by Gasteiger charge is 2.38. The topological polar surface area (TPSA) is 61.2 Å². The van der Waals surface area contributed by atoms with Crippen LogP contribution in [0.25, 0.3) is 0 Å². The van der Waals surface area contributed by atoms with Crippen LogP contribution in [0.15, 0.2) is 66.1 Å². The molecule has 0 heterocycles. The molecule has 0 aliphatic heterocycles. The van der Waals surface area contributed by atoms with Gasteiger partial charge in [-0.15, -0.1) is 6.58 Å². The average Bonchev–Trinajstić information content (AvgIpc) is 2.61. The summed E-state index contributed by atoms with van der Waals surface area (Å²) < 4.78 is 66.3. The van der Waals surface area contributed by atoms with Crippen LogP contribution in [-0.4, -0.2) is 19.3 Å². The first-order valence-electron chi connectivity index (χ1n) is 7.46. The quantitative estimate of drug-likeness (QED) is 0.713. The van der Waals surface area contributed by atoms with Crippen LogP contribution in [0.3, 0.4) is 0 Å². The van der Waals surface area contributed by atoms with E-state index in [0.717, 1.165) is 22.5 Å². The standard InChI is InChI=1S/C18H15F3N2O2S/c1-2-10-23(13-15-7-5-6-14(11-15)12-22)26(24,25)17-9-4-3-8-16(17)18(19,20)21/h2-9,11H,1,10,13H2. The van der Waals surface area contributed by atoms with Crippen LogP contribution < -0.4 is 0 Å². The molecule has 0 amide bonds. The van der Waals surface area contributed by atoms with E-state index in [4.69, 9.17) is 5.26 Å². The molecule has 0 spiro atoms. The van der Waals surface area contributed by atoms with Crippen molar-refractivity contribution in [3.63, 3.8) is 0 Å². The summed E-state index contributed by atoms with van der Waals surface area (Å²) in [6.45, 7) is 3.11. The van der Waals surface area contributed by atoms with E-state index in [0.29, 0.717) is 11.1 Å². The molecule has 0 atom stereocenters. The molecule has 2 rings (SSSR count). The minimum atomic E-state index is -4.80. The van der Waals surface area contributed by atoms with E-state index < -0.39 is 26.7 Å². The van der Waals surface area contributed by atoms with Gasteiger partial charge < -0.3 is 0 Å². The molecule has 2 aromatic rings. The van der Waals surface area contributed by atoms with Crippen molar-refractivity contribution in [3.05, 3.63) is 77.9 Å². The fourth-order valence-corrected chi connectivity index (χ4v) is 4.01. The highest BCUT2D eigenvalue weighted by molar-refractivity contribution is 7.89. The van der Waals surface area contributed by atoms with Gasteiger partial charge in [-0.3, -0.25) is 0 Å². The molecule has 0 aliphatic carbocycles. The van der Waals surface area contributed by atoms with E-state index in [2.05, 4.69) is 6.58 Å². The maximum atomic E-state index is 13.2. The van der Waals surface area contributed by atoms with Crippen molar-refractivity contribution in [2.75, 3.05) is 6.54 Å². The summed E-state index contributed by atoms with van der Waals surface area (Å²) in [7, 11) is -4.44. The third kappa shape index (κ3) is 4.31. The first-order chi connectivity index (χ1) is 12.2. The van der Waals surface area contributed by atoms with Gasteiger partial charge in [0.05, 0.1) is 22.1 Å². The van der Waals surface area contributed by atoms with Crippen LogP contribution in [0.1, 0.15) is 16.7 Å². The number of hydrogen-bond donors (Lipinski definition) is 0. The summed E-state index contributed by atoms with van der Waals surface area (Å²) in [5, 5.41) is 8.94. The Morgan fingerprint density at radius 1 is 1.15 bits per heavy atom. The molecular weight excluding hydrogens is 365 g/mol. The van der Waals surface area contributed by atoms with Crippen LogP contribution in [0.5, 0.6) is 0 Å². The normalized spacial score (nSPS) is 12.0. The van der Waals surface area contributed by atoms with Crippen LogP contribution >= 0.6 is 0 Å². The Bertz CT molecular complexity index is 947. The molecule has 0 N–H and O–H groups in total. The van der Waals surface area contributed by atoms with Gasteiger partial charge >= 0.3 is 6.18 Å². The summed E-state index contributed by atoms with van der Waals surface area (Å²) in [4.78, 5) is -0.814. The third-order valence-corrected chi connectivity index (χ3v) is 5.43. The molecule has 0 unspecified atom stereocenters. The molecule has 0 aromatic heterocycles. The first kappa shape index (κ1) is 19.7. The lowest BCUT2D eigenvalue weighted by Crippen LogP contribution is -2.32. The Balaban J connectivity index is 2.49. The van der Waals surface area contributed by atoms with E-state index in [1.54, 1.807) is 18.2 Å². The Morgan fingerprint density at radius 2 is 1.85 bits per heavy atom. The van der Waals surface area contributed by atoms with E-state index in [-0.39, 0.29) is 13.1 Å². The number of hydrogen-bond acceptors (Lipinski definition) is 3. The van der Waals surface area contributed by atoms with Crippen molar-refractivity contribution < 1.29 is 21.6 Å². The largest absolute Gasteiger partial charge is 0.417 e. The Kier molecular flexibility index (Phi) is 5.85. The molecule has 0 fully saturated rings. The zero-order chi connectivity index (χ0) is 19.4. The first-order valence-corrected chi connectivity index (χ1v) is 8.90. The number of nitriles is 1. The van der Waals surface area contributed by atoms with Crippen molar-refractivity contribution >= 4 is 10.0 Å². The lowest BCUT2D eigenvalue weighted by Gasteiger charge is -2.23. The van der Waals surface area contributed by atoms with Crippen LogP contribution in [0.4, 0.5) is 13.2 Å². The number of alkyl halides is 3. The van der Waals surface area contributed by atoms with Gasteiger partial charge in [-0.25, -0.2) is 8.42 Å². The second-order valence-corrected chi connectivity index (χ2v) is 7.30. The summed E-state index contributed by atoms with van der Waals surface area (Å²) in [6.07, 6.45) is -3.51. The predicted octanol–water partition coefficient (Wildman–Crippen LogP) is 3.95. The number of halogens is 3. The van der Waals surface area contributed by atoms with Crippen molar-refractivity contribution in [1.82, 2.24) is 4.31 Å². The Morgan fingerprint density at radius 3 is 2.46 bits per heavy atom. The highest BCUT2D eigenvalue weighted by Crippen LogP contribution is 2.35. The minimum Gasteiger partial charge on any atom is -0.207 e. The molecule has 136 valence electrons. The molecule has 26 heavy (non-hydrogen) atoms. The van der Waals surface area contributed by atoms with Crippen molar-refractivity contribution in [1.29, 1.82) is 5.26 Å². The van der Waals surface area contributed by atoms with Gasteiger partial charge in [0.2, 0.25) is 10.0 Å². The number of rotatable bonds is 6. The Labute approximate surface area is 149 Å². The molecule has 0 aliphatic rings. The van der Waals surface area contributed by atoms with Crippen molar-refractivity contribution in [2.45, 2.75) is 17.6 Å². The lowest BCUT2D eigenvalue weighted by molar-refractivity contribution is -0.139. The molecule has 0 bridgehead atoms. The third-order valence-electron chi connectivity index (χ3n) is 3.56. The van der Waals surface area contributed by atoms with Gasteiger partial charge in [0.15, 0.2) is 0 Å². The van der Waals surface area contributed by atoms with Gasteiger partial charge in [-0.05, 0) is 29.8 Å². The summed E-state index contributed by atoms with van der Waals surface area (Å²) in [5.41, 5.74) is -0.409. The lowest BCUT2D eigenvalue weighted by atomic mass is 10.1. The summed E-state index contributed by atoms with van der Waals surface area (Å²) in [6, 6.07) is 12.2. The van der Waals surface area contributed by atoms with Gasteiger partial charge in [0.1, 0.15) is 0 Å². The van der Waals surface area contributed by atoms with Crippen molar-refractivity contribution in [3.8, 4) is 6.07 Å². The van der Waals surface area contributed by atoms with Gasteiger partial charge in [0, 0.05) is 13.1 Å². The smallest absolute Gasteiger partial charge is 0.207 e. The minimum absolute atomic E-state index is 0.175. The van der Waals surface area contributed by atoms with Crippen molar-refractivity contribution in [2.24, 2.45) is 0 Å². The van der Waals surface area contributed by atoms with Crippen LogP contribution in [-0.2, 0) is 22.7 Å². The predicted molar refractivity (Wildman–Crippen MR) is 90.4 cm³/mol. The fourth-order valence-electron chi connectivity index (χ4n) is 2.40.